The smallest absolute Gasteiger partial charge is 0.165 e. The minimum atomic E-state index is 0.818. The molecule has 8 aromatic carbocycles. The van der Waals surface area contributed by atoms with E-state index in [4.69, 9.17) is 9.97 Å². The summed E-state index contributed by atoms with van der Waals surface area (Å²) in [7, 11) is 0. The van der Waals surface area contributed by atoms with Crippen molar-refractivity contribution in [1.29, 1.82) is 0 Å². The van der Waals surface area contributed by atoms with Crippen LogP contribution in [0.5, 0.6) is 0 Å². The number of benzene rings is 8. The average molecular weight is 661 g/mol. The van der Waals surface area contributed by atoms with Crippen molar-refractivity contribution >= 4 is 81.7 Å². The van der Waals surface area contributed by atoms with E-state index in [1.165, 1.54) is 54.4 Å². The highest BCUT2D eigenvalue weighted by Crippen LogP contribution is 2.45. The third kappa shape index (κ3) is 3.65. The Kier molecular flexibility index (Phi) is 5.47. The molecule has 4 aromatic heterocycles. The molecule has 0 unspecified atom stereocenters. The van der Waals surface area contributed by atoms with Gasteiger partial charge in [0, 0.05) is 37.9 Å². The van der Waals surface area contributed by atoms with Gasteiger partial charge in [-0.15, -0.1) is 0 Å². The molecule has 0 N–H and O–H groups in total. The fourth-order valence-corrected chi connectivity index (χ4v) is 8.82. The van der Waals surface area contributed by atoms with Gasteiger partial charge in [-0.3, -0.25) is 4.57 Å². The molecule has 0 aliphatic rings. The molecule has 240 valence electrons. The maximum absolute atomic E-state index is 5.57. The van der Waals surface area contributed by atoms with Crippen molar-refractivity contribution < 1.29 is 0 Å². The number of para-hydroxylation sites is 2. The number of fused-ring (bicyclic) bond motifs is 8. The minimum absolute atomic E-state index is 0.818. The van der Waals surface area contributed by atoms with Gasteiger partial charge in [0.1, 0.15) is 5.69 Å². The first-order chi connectivity index (χ1) is 25.8. The van der Waals surface area contributed by atoms with Gasteiger partial charge in [0.05, 0.1) is 38.6 Å². The number of hydrogen-bond acceptors (Lipinski definition) is 2. The molecule has 0 spiro atoms. The van der Waals surface area contributed by atoms with E-state index in [0.29, 0.717) is 0 Å². The van der Waals surface area contributed by atoms with Crippen LogP contribution in [0.4, 0.5) is 0 Å². The van der Waals surface area contributed by atoms with Crippen molar-refractivity contribution in [3.63, 3.8) is 0 Å². The lowest BCUT2D eigenvalue weighted by molar-refractivity contribution is 1.08. The molecule has 12 aromatic rings. The standard InChI is InChI=1S/C48H28N4/c1-2-12-29(13-3-1)31-15-8-16-32(28-31)45-48(49-38-27-26-30-14-4-5-17-33(30)46(38)50-45)52-40-23-10-19-35-37-21-9-20-36-34-18-6-7-22-39(34)51(47(36)37)41-24-11-25-42(52)44(41)43(35)40/h1-28H. The number of nitrogens with zero attached hydrogens (tertiary/aromatic N) is 4. The lowest BCUT2D eigenvalue weighted by atomic mass is 10.0. The normalized spacial score (nSPS) is 12.2. The molecule has 0 amide bonds. The molecule has 0 bridgehead atoms. The Morgan fingerprint density at radius 1 is 0.385 bits per heavy atom. The van der Waals surface area contributed by atoms with Crippen molar-refractivity contribution in [2.24, 2.45) is 0 Å². The van der Waals surface area contributed by atoms with Gasteiger partial charge in [0.2, 0.25) is 0 Å². The highest BCUT2D eigenvalue weighted by molar-refractivity contribution is 6.31. The monoisotopic (exact) mass is 660 g/mol. The highest BCUT2D eigenvalue weighted by atomic mass is 15.1. The Hall–Kier alpha value is -7.04. The van der Waals surface area contributed by atoms with Crippen LogP contribution in [0, 0.1) is 0 Å². The van der Waals surface area contributed by atoms with Gasteiger partial charge in [-0.05, 0) is 58.3 Å². The van der Waals surface area contributed by atoms with Crippen LogP contribution in [0.25, 0.3) is 110 Å². The highest BCUT2D eigenvalue weighted by Gasteiger charge is 2.24. The zero-order valence-corrected chi connectivity index (χ0v) is 28.0. The quantitative estimate of drug-likeness (QED) is 0.177. The Balaban J connectivity index is 1.27. The summed E-state index contributed by atoms with van der Waals surface area (Å²) in [6.45, 7) is 0. The second-order valence-electron chi connectivity index (χ2n) is 13.8. The maximum Gasteiger partial charge on any atom is 0.165 e. The van der Waals surface area contributed by atoms with Crippen LogP contribution in [-0.2, 0) is 0 Å². The lowest BCUT2D eigenvalue weighted by Crippen LogP contribution is -2.04. The van der Waals surface area contributed by atoms with Crippen LogP contribution in [0.1, 0.15) is 0 Å². The Morgan fingerprint density at radius 3 is 1.90 bits per heavy atom. The van der Waals surface area contributed by atoms with Gasteiger partial charge in [0.25, 0.3) is 0 Å². The van der Waals surface area contributed by atoms with E-state index >= 15 is 0 Å². The zero-order valence-electron chi connectivity index (χ0n) is 28.0. The molecule has 0 atom stereocenters. The molecule has 0 fully saturated rings. The summed E-state index contributed by atoms with van der Waals surface area (Å²) in [5.74, 6) is 0.818. The number of rotatable bonds is 3. The van der Waals surface area contributed by atoms with E-state index in [1.54, 1.807) is 0 Å². The second-order valence-corrected chi connectivity index (χ2v) is 13.8. The van der Waals surface area contributed by atoms with E-state index in [2.05, 4.69) is 179 Å². The van der Waals surface area contributed by atoms with E-state index < -0.39 is 0 Å². The van der Waals surface area contributed by atoms with Gasteiger partial charge >= 0.3 is 0 Å². The molecule has 0 aliphatic carbocycles. The van der Waals surface area contributed by atoms with Crippen molar-refractivity contribution in [3.8, 4) is 28.2 Å². The van der Waals surface area contributed by atoms with Gasteiger partial charge in [-0.1, -0.05) is 133 Å². The number of hydrogen-bond donors (Lipinski definition) is 0. The van der Waals surface area contributed by atoms with Gasteiger partial charge < -0.3 is 4.40 Å². The van der Waals surface area contributed by atoms with Gasteiger partial charge in [-0.25, -0.2) is 9.97 Å². The van der Waals surface area contributed by atoms with E-state index in [9.17, 15) is 0 Å². The molecular weight excluding hydrogens is 633 g/mol. The number of aromatic nitrogens is 4. The van der Waals surface area contributed by atoms with Crippen LogP contribution in [0.2, 0.25) is 0 Å². The maximum atomic E-state index is 5.57. The Bertz CT molecular complexity index is 3410. The summed E-state index contributed by atoms with van der Waals surface area (Å²) in [6.07, 6.45) is 0. The first kappa shape index (κ1) is 27.7. The largest absolute Gasteiger partial charge is 0.308 e. The summed E-state index contributed by atoms with van der Waals surface area (Å²) in [6, 6.07) is 61.0. The minimum Gasteiger partial charge on any atom is -0.308 e. The summed E-state index contributed by atoms with van der Waals surface area (Å²) in [5.41, 5.74) is 11.8. The van der Waals surface area contributed by atoms with Crippen molar-refractivity contribution in [2.45, 2.75) is 0 Å². The lowest BCUT2D eigenvalue weighted by Gasteiger charge is -2.15. The third-order valence-electron chi connectivity index (χ3n) is 11.0. The SMILES string of the molecule is c1ccc(-c2cccc(-c3nc4c(ccc5ccccc54)nc3-n3c4cccc5c6cccc7c8ccccc8n(c8cccc3c8c54)c67)c2)cc1. The van der Waals surface area contributed by atoms with Crippen molar-refractivity contribution in [3.05, 3.63) is 170 Å². The molecule has 0 aliphatic heterocycles. The molecule has 0 saturated carbocycles. The Morgan fingerprint density at radius 2 is 1.00 bits per heavy atom. The van der Waals surface area contributed by atoms with E-state index in [1.807, 2.05) is 0 Å². The topological polar surface area (TPSA) is 35.1 Å². The first-order valence-corrected chi connectivity index (χ1v) is 17.8. The van der Waals surface area contributed by atoms with Crippen molar-refractivity contribution in [2.75, 3.05) is 0 Å². The van der Waals surface area contributed by atoms with Crippen molar-refractivity contribution in [1.82, 2.24) is 18.9 Å². The molecule has 4 heteroatoms. The Labute approximate surface area is 297 Å². The molecule has 12 rings (SSSR count). The van der Waals surface area contributed by atoms with E-state index in [0.717, 1.165) is 55.5 Å². The summed E-state index contributed by atoms with van der Waals surface area (Å²) >= 11 is 0. The second kappa shape index (κ2) is 10.3. The third-order valence-corrected chi connectivity index (χ3v) is 11.0. The average Bonchev–Trinajstić information content (AvgIpc) is 3.69. The zero-order chi connectivity index (χ0) is 33.9. The van der Waals surface area contributed by atoms with Gasteiger partial charge in [-0.2, -0.15) is 0 Å². The van der Waals surface area contributed by atoms with E-state index in [-0.39, 0.29) is 0 Å². The van der Waals surface area contributed by atoms with Crippen LogP contribution >= 0.6 is 0 Å². The molecular formula is C48H28N4. The summed E-state index contributed by atoms with van der Waals surface area (Å²) < 4.78 is 4.84. The fraction of sp³-hybridized carbons (Fsp3) is 0. The van der Waals surface area contributed by atoms with Crippen LogP contribution in [0.15, 0.2) is 170 Å². The molecule has 52 heavy (non-hydrogen) atoms. The fourth-order valence-electron chi connectivity index (χ4n) is 8.82. The van der Waals surface area contributed by atoms with Crippen LogP contribution < -0.4 is 0 Å². The molecule has 4 heterocycles. The molecule has 4 nitrogen and oxygen atoms in total. The van der Waals surface area contributed by atoms with Crippen LogP contribution in [0.3, 0.4) is 0 Å². The first-order valence-electron chi connectivity index (χ1n) is 17.8. The molecule has 0 radical (unpaired) electrons. The summed E-state index contributed by atoms with van der Waals surface area (Å²) in [4.78, 5) is 11.1. The summed E-state index contributed by atoms with van der Waals surface area (Å²) in [5, 5.41) is 9.70. The predicted octanol–water partition coefficient (Wildman–Crippen LogP) is 12.4. The van der Waals surface area contributed by atoms with Crippen LogP contribution in [-0.4, -0.2) is 18.9 Å². The predicted molar refractivity (Wildman–Crippen MR) is 217 cm³/mol. The molecule has 0 saturated heterocycles. The van der Waals surface area contributed by atoms with Gasteiger partial charge in [0.15, 0.2) is 5.82 Å².